The van der Waals surface area contributed by atoms with Crippen LogP contribution in [0.25, 0.3) is 0 Å². The third-order valence-corrected chi connectivity index (χ3v) is 4.53. The Morgan fingerprint density at radius 1 is 1.17 bits per heavy atom. The Morgan fingerprint density at radius 2 is 1.72 bits per heavy atom. The molecular weight excluding hydrogens is 228 g/mol. The fraction of sp³-hybridized carbons (Fsp3) is 1.00. The summed E-state index contributed by atoms with van der Waals surface area (Å²) in [5.74, 6) is 0. The van der Waals surface area contributed by atoms with Gasteiger partial charge in [-0.25, -0.2) is 0 Å². The largest absolute Gasteiger partial charge is 0.377 e. The van der Waals surface area contributed by atoms with Crippen molar-refractivity contribution in [2.75, 3.05) is 33.9 Å². The zero-order valence-electron chi connectivity index (χ0n) is 12.4. The number of hydrogen-bond acceptors (Lipinski definition) is 4. The zero-order valence-corrected chi connectivity index (χ0v) is 12.4. The minimum Gasteiger partial charge on any atom is -0.377 e. The standard InChI is InChI=1S/C14H30N2O2/c1-5-7-8-14(6-2,11-15)16-9-12(17-3)13(10-16)18-4/h12-13H,5-11,15H2,1-4H3. The van der Waals surface area contributed by atoms with Crippen molar-refractivity contribution in [1.82, 2.24) is 4.90 Å². The van der Waals surface area contributed by atoms with Crippen molar-refractivity contribution in [2.24, 2.45) is 5.73 Å². The Balaban J connectivity index is 2.75. The third-order valence-electron chi connectivity index (χ3n) is 4.53. The Hall–Kier alpha value is -0.160. The molecular formula is C14H30N2O2. The van der Waals surface area contributed by atoms with Crippen LogP contribution in [0.5, 0.6) is 0 Å². The number of rotatable bonds is 8. The lowest BCUT2D eigenvalue weighted by molar-refractivity contribution is -0.00461. The molecule has 1 heterocycles. The van der Waals surface area contributed by atoms with Crippen molar-refractivity contribution < 1.29 is 9.47 Å². The molecule has 0 amide bonds. The van der Waals surface area contributed by atoms with Gasteiger partial charge in [-0.05, 0) is 12.8 Å². The minimum atomic E-state index is 0.125. The van der Waals surface area contributed by atoms with Crippen molar-refractivity contribution in [3.8, 4) is 0 Å². The van der Waals surface area contributed by atoms with E-state index >= 15 is 0 Å². The number of nitrogens with zero attached hydrogens (tertiary/aromatic N) is 1. The summed E-state index contributed by atoms with van der Waals surface area (Å²) >= 11 is 0. The summed E-state index contributed by atoms with van der Waals surface area (Å²) in [5.41, 5.74) is 6.21. The number of hydrogen-bond donors (Lipinski definition) is 1. The van der Waals surface area contributed by atoms with Gasteiger partial charge in [-0.3, -0.25) is 4.90 Å². The first kappa shape index (κ1) is 15.9. The summed E-state index contributed by atoms with van der Waals surface area (Å²) in [6.45, 7) is 7.06. The molecule has 1 saturated heterocycles. The molecule has 3 unspecified atom stereocenters. The van der Waals surface area contributed by atoms with Gasteiger partial charge in [0.2, 0.25) is 0 Å². The van der Waals surface area contributed by atoms with Crippen LogP contribution in [0.2, 0.25) is 0 Å². The molecule has 0 bridgehead atoms. The molecule has 0 spiro atoms. The Morgan fingerprint density at radius 3 is 2.06 bits per heavy atom. The van der Waals surface area contributed by atoms with Crippen molar-refractivity contribution in [3.63, 3.8) is 0 Å². The smallest absolute Gasteiger partial charge is 0.0972 e. The van der Waals surface area contributed by atoms with Gasteiger partial charge in [-0.15, -0.1) is 0 Å². The third kappa shape index (κ3) is 3.23. The molecule has 1 fully saturated rings. The Labute approximate surface area is 112 Å². The number of nitrogens with two attached hydrogens (primary N) is 1. The average Bonchev–Trinajstić information content (AvgIpc) is 2.84. The van der Waals surface area contributed by atoms with E-state index in [2.05, 4.69) is 18.7 Å². The summed E-state index contributed by atoms with van der Waals surface area (Å²) in [7, 11) is 3.53. The molecule has 0 aromatic rings. The first-order valence-electron chi connectivity index (χ1n) is 7.18. The van der Waals surface area contributed by atoms with E-state index in [4.69, 9.17) is 15.2 Å². The number of methoxy groups -OCH3 is 2. The predicted octanol–water partition coefficient (Wildman–Crippen LogP) is 1.63. The molecule has 3 atom stereocenters. The monoisotopic (exact) mass is 258 g/mol. The highest BCUT2D eigenvalue weighted by Gasteiger charge is 2.42. The fourth-order valence-electron chi connectivity index (χ4n) is 3.02. The highest BCUT2D eigenvalue weighted by molar-refractivity contribution is 4.98. The molecule has 4 nitrogen and oxygen atoms in total. The Kier molecular flexibility index (Phi) is 6.57. The van der Waals surface area contributed by atoms with E-state index in [9.17, 15) is 0 Å². The molecule has 4 heteroatoms. The lowest BCUT2D eigenvalue weighted by atomic mass is 9.88. The van der Waals surface area contributed by atoms with Crippen LogP contribution >= 0.6 is 0 Å². The van der Waals surface area contributed by atoms with E-state index in [0.29, 0.717) is 0 Å². The lowest BCUT2D eigenvalue weighted by Gasteiger charge is -2.41. The topological polar surface area (TPSA) is 47.7 Å². The SMILES string of the molecule is CCCCC(CC)(CN)N1CC(OC)C(OC)C1. The van der Waals surface area contributed by atoms with Gasteiger partial charge < -0.3 is 15.2 Å². The maximum Gasteiger partial charge on any atom is 0.0972 e. The molecule has 1 rings (SSSR count). The van der Waals surface area contributed by atoms with E-state index in [1.165, 1.54) is 19.3 Å². The predicted molar refractivity (Wildman–Crippen MR) is 74.8 cm³/mol. The van der Waals surface area contributed by atoms with Crippen molar-refractivity contribution in [3.05, 3.63) is 0 Å². The lowest BCUT2D eigenvalue weighted by Crippen LogP contribution is -2.53. The maximum atomic E-state index is 6.09. The van der Waals surface area contributed by atoms with Gasteiger partial charge in [-0.1, -0.05) is 26.7 Å². The van der Waals surface area contributed by atoms with Crippen LogP contribution in [-0.4, -0.2) is 56.5 Å². The van der Waals surface area contributed by atoms with E-state index in [0.717, 1.165) is 26.1 Å². The van der Waals surface area contributed by atoms with Crippen molar-refractivity contribution in [2.45, 2.75) is 57.3 Å². The van der Waals surface area contributed by atoms with Gasteiger partial charge in [0.15, 0.2) is 0 Å². The highest BCUT2D eigenvalue weighted by atomic mass is 16.5. The summed E-state index contributed by atoms with van der Waals surface area (Å²) < 4.78 is 11.1. The molecule has 0 aromatic carbocycles. The van der Waals surface area contributed by atoms with Gasteiger partial charge in [0, 0.05) is 39.4 Å². The first-order valence-corrected chi connectivity index (χ1v) is 7.18. The average molecular weight is 258 g/mol. The molecule has 108 valence electrons. The van der Waals surface area contributed by atoms with Crippen LogP contribution in [0.15, 0.2) is 0 Å². The second-order valence-electron chi connectivity index (χ2n) is 5.34. The molecule has 18 heavy (non-hydrogen) atoms. The molecule has 1 aliphatic heterocycles. The Bertz CT molecular complexity index is 220. The van der Waals surface area contributed by atoms with Crippen LogP contribution < -0.4 is 5.73 Å². The fourth-order valence-corrected chi connectivity index (χ4v) is 3.02. The van der Waals surface area contributed by atoms with E-state index in [1.54, 1.807) is 14.2 Å². The number of ether oxygens (including phenoxy) is 2. The molecule has 0 radical (unpaired) electrons. The van der Waals surface area contributed by atoms with Crippen LogP contribution in [0.1, 0.15) is 39.5 Å². The molecule has 0 aromatic heterocycles. The van der Waals surface area contributed by atoms with Crippen molar-refractivity contribution in [1.29, 1.82) is 0 Å². The van der Waals surface area contributed by atoms with E-state index in [1.807, 2.05) is 0 Å². The molecule has 0 aliphatic carbocycles. The minimum absolute atomic E-state index is 0.125. The zero-order chi connectivity index (χ0) is 13.6. The van der Waals surface area contributed by atoms with Crippen molar-refractivity contribution >= 4 is 0 Å². The second-order valence-corrected chi connectivity index (χ2v) is 5.34. The van der Waals surface area contributed by atoms with Crippen LogP contribution in [0.3, 0.4) is 0 Å². The molecule has 0 saturated carbocycles. The van der Waals surface area contributed by atoms with Gasteiger partial charge in [0.1, 0.15) is 0 Å². The second kappa shape index (κ2) is 7.43. The quantitative estimate of drug-likeness (QED) is 0.719. The summed E-state index contributed by atoms with van der Waals surface area (Å²) in [6.07, 6.45) is 5.07. The van der Waals surface area contributed by atoms with Gasteiger partial charge in [0.05, 0.1) is 12.2 Å². The summed E-state index contributed by atoms with van der Waals surface area (Å²) in [6, 6.07) is 0. The van der Waals surface area contributed by atoms with E-state index < -0.39 is 0 Å². The number of unbranched alkanes of at least 4 members (excludes halogenated alkanes) is 1. The van der Waals surface area contributed by atoms with Crippen LogP contribution in [0.4, 0.5) is 0 Å². The van der Waals surface area contributed by atoms with E-state index in [-0.39, 0.29) is 17.7 Å². The van der Waals surface area contributed by atoms with Gasteiger partial charge in [-0.2, -0.15) is 0 Å². The van der Waals surface area contributed by atoms with Crippen LogP contribution in [-0.2, 0) is 9.47 Å². The maximum absolute atomic E-state index is 6.09. The number of likely N-dealkylation sites (tertiary alicyclic amines) is 1. The first-order chi connectivity index (χ1) is 8.67. The summed E-state index contributed by atoms with van der Waals surface area (Å²) in [4.78, 5) is 2.49. The van der Waals surface area contributed by atoms with Gasteiger partial charge in [0.25, 0.3) is 0 Å². The van der Waals surface area contributed by atoms with Crippen LogP contribution in [0, 0.1) is 0 Å². The summed E-state index contributed by atoms with van der Waals surface area (Å²) in [5, 5.41) is 0. The molecule has 1 aliphatic rings. The molecule has 2 N–H and O–H groups in total. The van der Waals surface area contributed by atoms with Gasteiger partial charge >= 0.3 is 0 Å². The highest BCUT2D eigenvalue weighted by Crippen LogP contribution is 2.30. The normalized spacial score (nSPS) is 28.5.